The van der Waals surface area contributed by atoms with E-state index < -0.39 is 0 Å². The summed E-state index contributed by atoms with van der Waals surface area (Å²) in [6.45, 7) is 4.03. The largest absolute Gasteiger partial charge is 0.462 e. The van der Waals surface area contributed by atoms with Gasteiger partial charge in [0.15, 0.2) is 0 Å². The van der Waals surface area contributed by atoms with Crippen molar-refractivity contribution in [3.63, 3.8) is 0 Å². The Morgan fingerprint density at radius 3 is 2.75 bits per heavy atom. The summed E-state index contributed by atoms with van der Waals surface area (Å²) in [6.07, 6.45) is 4.05. The normalized spacial score (nSPS) is 13.9. The molecule has 1 rings (SSSR count). The topological polar surface area (TPSA) is 25.2 Å². The van der Waals surface area contributed by atoms with Crippen LogP contribution in [0.15, 0.2) is 22.6 Å². The standard InChI is InChI=1S/C10H15NO/c1-8(11-3)4-6-10-7-5-9(2)12-10/h4-8,11H,1-3H3/b6-4+. The van der Waals surface area contributed by atoms with Crippen molar-refractivity contribution < 1.29 is 4.42 Å². The van der Waals surface area contributed by atoms with Crippen LogP contribution in [-0.4, -0.2) is 13.1 Å². The fraction of sp³-hybridized carbons (Fsp3) is 0.400. The molecule has 0 saturated carbocycles. The van der Waals surface area contributed by atoms with E-state index in [0.717, 1.165) is 11.5 Å². The molecule has 0 bridgehead atoms. The maximum atomic E-state index is 5.36. The predicted octanol–water partition coefficient (Wildman–Crippen LogP) is 2.21. The second-order valence-corrected chi connectivity index (χ2v) is 2.88. The molecule has 2 heteroatoms. The molecule has 0 amide bonds. The smallest absolute Gasteiger partial charge is 0.126 e. The van der Waals surface area contributed by atoms with Crippen molar-refractivity contribution in [2.75, 3.05) is 7.05 Å². The molecule has 12 heavy (non-hydrogen) atoms. The first-order chi connectivity index (χ1) is 5.72. The lowest BCUT2D eigenvalue weighted by Gasteiger charge is -2.00. The lowest BCUT2D eigenvalue weighted by molar-refractivity contribution is 0.524. The summed E-state index contributed by atoms with van der Waals surface area (Å²) in [5, 5.41) is 3.11. The van der Waals surface area contributed by atoms with Gasteiger partial charge in [0.05, 0.1) is 0 Å². The molecule has 1 N–H and O–H groups in total. The van der Waals surface area contributed by atoms with Crippen molar-refractivity contribution in [2.45, 2.75) is 19.9 Å². The second-order valence-electron chi connectivity index (χ2n) is 2.88. The van der Waals surface area contributed by atoms with Crippen LogP contribution in [0.25, 0.3) is 6.08 Å². The average Bonchev–Trinajstić information content (AvgIpc) is 2.47. The summed E-state index contributed by atoms with van der Waals surface area (Å²) in [6, 6.07) is 4.31. The van der Waals surface area contributed by atoms with Gasteiger partial charge in [-0.2, -0.15) is 0 Å². The molecule has 0 saturated heterocycles. The van der Waals surface area contributed by atoms with Gasteiger partial charge in [0.25, 0.3) is 0 Å². The van der Waals surface area contributed by atoms with Gasteiger partial charge in [-0.25, -0.2) is 0 Å². The first-order valence-electron chi connectivity index (χ1n) is 4.14. The summed E-state index contributed by atoms with van der Waals surface area (Å²) in [7, 11) is 1.93. The van der Waals surface area contributed by atoms with Crippen LogP contribution in [-0.2, 0) is 0 Å². The molecule has 0 radical (unpaired) electrons. The minimum absolute atomic E-state index is 0.385. The fourth-order valence-electron chi connectivity index (χ4n) is 0.878. The zero-order chi connectivity index (χ0) is 8.97. The molecular formula is C10H15NO. The zero-order valence-corrected chi connectivity index (χ0v) is 7.79. The van der Waals surface area contributed by atoms with E-state index >= 15 is 0 Å². The highest BCUT2D eigenvalue weighted by molar-refractivity contribution is 5.43. The van der Waals surface area contributed by atoms with Gasteiger partial charge in [0.1, 0.15) is 11.5 Å². The highest BCUT2D eigenvalue weighted by Crippen LogP contribution is 2.08. The quantitative estimate of drug-likeness (QED) is 0.742. The van der Waals surface area contributed by atoms with Crippen LogP contribution < -0.4 is 5.32 Å². The van der Waals surface area contributed by atoms with Gasteiger partial charge in [0.2, 0.25) is 0 Å². The molecule has 1 aromatic heterocycles. The minimum atomic E-state index is 0.385. The molecule has 0 aliphatic heterocycles. The van der Waals surface area contributed by atoms with E-state index in [2.05, 4.69) is 18.3 Å². The monoisotopic (exact) mass is 165 g/mol. The van der Waals surface area contributed by atoms with Crippen LogP contribution >= 0.6 is 0 Å². The van der Waals surface area contributed by atoms with E-state index in [1.54, 1.807) is 0 Å². The average molecular weight is 165 g/mol. The van der Waals surface area contributed by atoms with E-state index in [9.17, 15) is 0 Å². The van der Waals surface area contributed by atoms with Gasteiger partial charge < -0.3 is 9.73 Å². The maximum absolute atomic E-state index is 5.36. The van der Waals surface area contributed by atoms with Crippen LogP contribution in [0, 0.1) is 6.92 Å². The Morgan fingerprint density at radius 1 is 1.50 bits per heavy atom. The van der Waals surface area contributed by atoms with Crippen molar-refractivity contribution in [3.05, 3.63) is 29.7 Å². The summed E-state index contributed by atoms with van der Waals surface area (Å²) in [5.74, 6) is 1.86. The van der Waals surface area contributed by atoms with Gasteiger partial charge in [-0.15, -0.1) is 0 Å². The van der Waals surface area contributed by atoms with Crippen molar-refractivity contribution in [3.8, 4) is 0 Å². The van der Waals surface area contributed by atoms with E-state index in [0.29, 0.717) is 6.04 Å². The third-order valence-corrected chi connectivity index (χ3v) is 1.77. The minimum Gasteiger partial charge on any atom is -0.462 e. The molecule has 1 atom stereocenters. The summed E-state index contributed by atoms with van der Waals surface area (Å²) < 4.78 is 5.36. The molecule has 0 fully saturated rings. The Labute approximate surface area is 73.3 Å². The summed E-state index contributed by atoms with van der Waals surface area (Å²) in [4.78, 5) is 0. The van der Waals surface area contributed by atoms with E-state index in [4.69, 9.17) is 4.42 Å². The Bertz CT molecular complexity index is 263. The van der Waals surface area contributed by atoms with E-state index in [1.807, 2.05) is 32.2 Å². The number of hydrogen-bond acceptors (Lipinski definition) is 2. The second kappa shape index (κ2) is 4.12. The molecule has 2 nitrogen and oxygen atoms in total. The first kappa shape index (κ1) is 9.07. The maximum Gasteiger partial charge on any atom is 0.126 e. The van der Waals surface area contributed by atoms with Crippen LogP contribution in [0.5, 0.6) is 0 Å². The van der Waals surface area contributed by atoms with E-state index in [1.165, 1.54) is 0 Å². The van der Waals surface area contributed by atoms with Crippen molar-refractivity contribution in [2.24, 2.45) is 0 Å². The van der Waals surface area contributed by atoms with Gasteiger partial charge >= 0.3 is 0 Å². The molecule has 1 heterocycles. The van der Waals surface area contributed by atoms with Crippen LogP contribution in [0.4, 0.5) is 0 Å². The van der Waals surface area contributed by atoms with Crippen molar-refractivity contribution >= 4 is 6.08 Å². The fourth-order valence-corrected chi connectivity index (χ4v) is 0.878. The Kier molecular flexibility index (Phi) is 3.11. The van der Waals surface area contributed by atoms with Gasteiger partial charge in [0, 0.05) is 6.04 Å². The molecule has 0 aliphatic carbocycles. The van der Waals surface area contributed by atoms with Crippen LogP contribution in [0.1, 0.15) is 18.4 Å². The van der Waals surface area contributed by atoms with Crippen LogP contribution in [0.2, 0.25) is 0 Å². The molecule has 1 unspecified atom stereocenters. The van der Waals surface area contributed by atoms with Gasteiger partial charge in [-0.3, -0.25) is 0 Å². The SMILES string of the molecule is CNC(C)/C=C/c1ccc(C)o1. The molecule has 1 aromatic rings. The van der Waals surface area contributed by atoms with Gasteiger partial charge in [-0.05, 0) is 39.1 Å². The highest BCUT2D eigenvalue weighted by atomic mass is 16.3. The third kappa shape index (κ3) is 2.55. The van der Waals surface area contributed by atoms with Crippen molar-refractivity contribution in [1.29, 1.82) is 0 Å². The number of nitrogens with one attached hydrogen (secondary N) is 1. The number of aryl methyl sites for hydroxylation is 1. The van der Waals surface area contributed by atoms with Crippen molar-refractivity contribution in [1.82, 2.24) is 5.32 Å². The Balaban J connectivity index is 2.57. The lowest BCUT2D eigenvalue weighted by atomic mass is 10.3. The number of hydrogen-bond donors (Lipinski definition) is 1. The summed E-state index contributed by atoms with van der Waals surface area (Å²) in [5.41, 5.74) is 0. The number of likely N-dealkylation sites (N-methyl/N-ethyl adjacent to an activating group) is 1. The lowest BCUT2D eigenvalue weighted by Crippen LogP contribution is -2.17. The summed E-state index contributed by atoms with van der Waals surface area (Å²) >= 11 is 0. The van der Waals surface area contributed by atoms with Crippen LogP contribution in [0.3, 0.4) is 0 Å². The molecule has 0 spiro atoms. The molecule has 66 valence electrons. The number of furan rings is 1. The number of rotatable bonds is 3. The predicted molar refractivity (Wildman–Crippen MR) is 51.0 cm³/mol. The molecular weight excluding hydrogens is 150 g/mol. The zero-order valence-electron chi connectivity index (χ0n) is 7.79. The Hall–Kier alpha value is -1.02. The van der Waals surface area contributed by atoms with E-state index in [-0.39, 0.29) is 0 Å². The first-order valence-corrected chi connectivity index (χ1v) is 4.14. The molecule has 0 aliphatic rings. The molecule has 0 aromatic carbocycles. The highest BCUT2D eigenvalue weighted by Gasteiger charge is 1.93. The Morgan fingerprint density at radius 2 is 2.25 bits per heavy atom. The van der Waals surface area contributed by atoms with Gasteiger partial charge in [-0.1, -0.05) is 6.08 Å². The third-order valence-electron chi connectivity index (χ3n) is 1.77.